The maximum absolute atomic E-state index is 11.9. The van der Waals surface area contributed by atoms with Crippen molar-refractivity contribution in [3.8, 4) is 0 Å². The average Bonchev–Trinajstić information content (AvgIpc) is 3.24. The molecule has 2 amide bonds. The van der Waals surface area contributed by atoms with Crippen molar-refractivity contribution in [3.63, 3.8) is 0 Å². The van der Waals surface area contributed by atoms with Crippen LogP contribution in [0.25, 0.3) is 0 Å². The van der Waals surface area contributed by atoms with Gasteiger partial charge in [0, 0.05) is 6.54 Å². The van der Waals surface area contributed by atoms with E-state index in [1.807, 2.05) is 0 Å². The molecule has 0 saturated heterocycles. The summed E-state index contributed by atoms with van der Waals surface area (Å²) >= 11 is 0. The Bertz CT molecular complexity index is 427. The lowest BCUT2D eigenvalue weighted by molar-refractivity contribution is -0.145. The van der Waals surface area contributed by atoms with E-state index < -0.39 is 42.4 Å². The average molecular weight is 302 g/mol. The van der Waals surface area contributed by atoms with E-state index >= 15 is 0 Å². The predicted octanol–water partition coefficient (Wildman–Crippen LogP) is -0.791. The van der Waals surface area contributed by atoms with Crippen molar-refractivity contribution in [2.75, 3.05) is 33.9 Å². The molecule has 9 heteroatoms. The molecule has 2 N–H and O–H groups in total. The van der Waals surface area contributed by atoms with Gasteiger partial charge in [-0.05, 0) is 12.8 Å². The minimum absolute atomic E-state index is 0.0555. The highest BCUT2D eigenvalue weighted by molar-refractivity contribution is 5.86. The molecular weight excluding hydrogens is 284 g/mol. The third-order valence-electron chi connectivity index (χ3n) is 3.27. The summed E-state index contributed by atoms with van der Waals surface area (Å²) < 4.78 is 8.87. The van der Waals surface area contributed by atoms with E-state index in [1.54, 1.807) is 0 Å². The van der Waals surface area contributed by atoms with Crippen LogP contribution in [0.2, 0.25) is 0 Å². The van der Waals surface area contributed by atoms with Crippen molar-refractivity contribution in [1.82, 2.24) is 10.2 Å². The normalized spacial score (nSPS) is 14.8. The Morgan fingerprint density at radius 2 is 1.57 bits per heavy atom. The smallest absolute Gasteiger partial charge is 0.325 e. The van der Waals surface area contributed by atoms with Crippen molar-refractivity contribution >= 4 is 23.9 Å². The summed E-state index contributed by atoms with van der Waals surface area (Å²) in [5.74, 6) is -2.38. The summed E-state index contributed by atoms with van der Waals surface area (Å²) in [6.07, 6.45) is 0.966. The van der Waals surface area contributed by atoms with Crippen LogP contribution in [-0.4, -0.2) is 67.8 Å². The molecule has 118 valence electrons. The SMILES string of the molecule is COC(=O)CN(CC(=O)OC)C(=O)NCC1(C(=O)O)CC1. The first-order chi connectivity index (χ1) is 9.84. The summed E-state index contributed by atoms with van der Waals surface area (Å²) in [7, 11) is 2.31. The highest BCUT2D eigenvalue weighted by atomic mass is 16.5. The fourth-order valence-electron chi connectivity index (χ4n) is 1.61. The van der Waals surface area contributed by atoms with E-state index in [-0.39, 0.29) is 6.54 Å². The molecule has 0 radical (unpaired) electrons. The van der Waals surface area contributed by atoms with Crippen LogP contribution in [0.15, 0.2) is 0 Å². The van der Waals surface area contributed by atoms with Gasteiger partial charge < -0.3 is 24.8 Å². The third-order valence-corrected chi connectivity index (χ3v) is 3.27. The van der Waals surface area contributed by atoms with Crippen molar-refractivity contribution in [1.29, 1.82) is 0 Å². The molecule has 1 aliphatic rings. The van der Waals surface area contributed by atoms with Crippen LogP contribution >= 0.6 is 0 Å². The lowest BCUT2D eigenvalue weighted by atomic mass is 10.1. The molecule has 0 unspecified atom stereocenters. The molecule has 1 aliphatic carbocycles. The van der Waals surface area contributed by atoms with Crippen LogP contribution in [0.4, 0.5) is 4.79 Å². The second-order valence-corrected chi connectivity index (χ2v) is 4.75. The van der Waals surface area contributed by atoms with E-state index in [4.69, 9.17) is 5.11 Å². The number of urea groups is 1. The molecule has 0 aromatic carbocycles. The number of carboxylic acids is 1. The standard InChI is InChI=1S/C12H18N2O7/c1-20-8(15)5-14(6-9(16)21-2)11(19)13-7-12(3-4-12)10(17)18/h3-7H2,1-2H3,(H,13,19)(H,17,18). The monoisotopic (exact) mass is 302 g/mol. The van der Waals surface area contributed by atoms with Gasteiger partial charge in [0.05, 0.1) is 19.6 Å². The predicted molar refractivity (Wildman–Crippen MR) is 68.3 cm³/mol. The Balaban J connectivity index is 2.59. The van der Waals surface area contributed by atoms with Crippen molar-refractivity contribution < 1.29 is 33.8 Å². The first-order valence-electron chi connectivity index (χ1n) is 6.24. The number of esters is 2. The molecule has 0 aromatic heterocycles. The molecule has 1 rings (SSSR count). The number of hydrogen-bond acceptors (Lipinski definition) is 6. The molecule has 0 spiro atoms. The zero-order valence-electron chi connectivity index (χ0n) is 11.9. The Hall–Kier alpha value is -2.32. The molecule has 0 aliphatic heterocycles. The number of ether oxygens (including phenoxy) is 2. The van der Waals surface area contributed by atoms with E-state index in [2.05, 4.69) is 14.8 Å². The number of methoxy groups -OCH3 is 2. The number of carbonyl (C=O) groups excluding carboxylic acids is 3. The molecule has 0 bridgehead atoms. The second-order valence-electron chi connectivity index (χ2n) is 4.75. The van der Waals surface area contributed by atoms with E-state index in [1.165, 1.54) is 0 Å². The van der Waals surface area contributed by atoms with Crippen LogP contribution in [0.1, 0.15) is 12.8 Å². The summed E-state index contributed by atoms with van der Waals surface area (Å²) in [6, 6.07) is -0.724. The van der Waals surface area contributed by atoms with Crippen LogP contribution in [0.3, 0.4) is 0 Å². The fraction of sp³-hybridized carbons (Fsp3) is 0.667. The topological polar surface area (TPSA) is 122 Å². The van der Waals surface area contributed by atoms with Crippen LogP contribution in [0.5, 0.6) is 0 Å². The summed E-state index contributed by atoms with van der Waals surface area (Å²) in [5.41, 5.74) is -0.933. The molecule has 0 atom stereocenters. The Morgan fingerprint density at radius 3 is 1.90 bits per heavy atom. The highest BCUT2D eigenvalue weighted by Crippen LogP contribution is 2.45. The Morgan fingerprint density at radius 1 is 1.10 bits per heavy atom. The largest absolute Gasteiger partial charge is 0.481 e. The van der Waals surface area contributed by atoms with Gasteiger partial charge >= 0.3 is 23.9 Å². The third kappa shape index (κ3) is 4.62. The minimum atomic E-state index is -0.977. The van der Waals surface area contributed by atoms with Crippen molar-refractivity contribution in [2.24, 2.45) is 5.41 Å². The van der Waals surface area contributed by atoms with Gasteiger partial charge in [0.1, 0.15) is 13.1 Å². The van der Waals surface area contributed by atoms with Gasteiger partial charge in [-0.15, -0.1) is 0 Å². The molecule has 21 heavy (non-hydrogen) atoms. The maximum Gasteiger partial charge on any atom is 0.325 e. The van der Waals surface area contributed by atoms with Gasteiger partial charge in [0.25, 0.3) is 0 Å². The zero-order valence-corrected chi connectivity index (χ0v) is 11.9. The van der Waals surface area contributed by atoms with E-state index in [0.717, 1.165) is 19.1 Å². The van der Waals surface area contributed by atoms with Gasteiger partial charge in [-0.2, -0.15) is 0 Å². The van der Waals surface area contributed by atoms with Crippen LogP contribution in [0, 0.1) is 5.41 Å². The fourth-order valence-corrected chi connectivity index (χ4v) is 1.61. The summed E-state index contributed by atoms with van der Waals surface area (Å²) in [4.78, 5) is 46.3. The van der Waals surface area contributed by atoms with E-state index in [0.29, 0.717) is 12.8 Å². The quantitative estimate of drug-likeness (QED) is 0.591. The first kappa shape index (κ1) is 16.7. The number of amides is 2. The van der Waals surface area contributed by atoms with Gasteiger partial charge in [-0.25, -0.2) is 4.79 Å². The first-order valence-corrected chi connectivity index (χ1v) is 6.24. The van der Waals surface area contributed by atoms with E-state index in [9.17, 15) is 19.2 Å². The molecule has 9 nitrogen and oxygen atoms in total. The molecule has 1 saturated carbocycles. The molecular formula is C12H18N2O7. The van der Waals surface area contributed by atoms with Gasteiger partial charge in [-0.3, -0.25) is 14.4 Å². The van der Waals surface area contributed by atoms with Gasteiger partial charge in [0.15, 0.2) is 0 Å². The highest BCUT2D eigenvalue weighted by Gasteiger charge is 2.50. The van der Waals surface area contributed by atoms with Gasteiger partial charge in [0.2, 0.25) is 0 Å². The molecule has 1 fully saturated rings. The number of nitrogens with zero attached hydrogens (tertiary/aromatic N) is 1. The Kier molecular flexibility index (Phi) is 5.51. The Labute approximate surface area is 121 Å². The number of nitrogens with one attached hydrogen (secondary N) is 1. The number of carbonyl (C=O) groups is 4. The zero-order chi connectivity index (χ0) is 16.0. The van der Waals surface area contributed by atoms with Gasteiger partial charge in [-0.1, -0.05) is 0 Å². The number of hydrogen-bond donors (Lipinski definition) is 2. The lowest BCUT2D eigenvalue weighted by Gasteiger charge is -2.21. The summed E-state index contributed by atoms with van der Waals surface area (Å²) in [6.45, 7) is -0.922. The van der Waals surface area contributed by atoms with Crippen LogP contribution < -0.4 is 5.32 Å². The minimum Gasteiger partial charge on any atom is -0.481 e. The van der Waals surface area contributed by atoms with Crippen LogP contribution in [-0.2, 0) is 23.9 Å². The second kappa shape index (κ2) is 6.91. The summed E-state index contributed by atoms with van der Waals surface area (Å²) in [5, 5.41) is 11.4. The number of rotatable bonds is 7. The number of carboxylic acid groups (broad SMARTS) is 1. The number of aliphatic carboxylic acids is 1. The maximum atomic E-state index is 11.9. The molecule has 0 aromatic rings. The van der Waals surface area contributed by atoms with Crippen molar-refractivity contribution in [2.45, 2.75) is 12.8 Å². The molecule has 0 heterocycles. The lowest BCUT2D eigenvalue weighted by Crippen LogP contribution is -2.47. The van der Waals surface area contributed by atoms with Crippen molar-refractivity contribution in [3.05, 3.63) is 0 Å².